The molecule has 0 aromatic heterocycles. The van der Waals surface area contributed by atoms with E-state index >= 15 is 0 Å². The predicted molar refractivity (Wildman–Crippen MR) is 86.2 cm³/mol. The van der Waals surface area contributed by atoms with Gasteiger partial charge in [-0.3, -0.25) is 4.79 Å². The number of carbonyl (C=O) groups excluding carboxylic acids is 1. The van der Waals surface area contributed by atoms with Crippen LogP contribution in [-0.4, -0.2) is 74.9 Å². The zero-order chi connectivity index (χ0) is 16.5. The maximum atomic E-state index is 12.8. The average Bonchev–Trinajstić information content (AvgIpc) is 3.19. The fourth-order valence-corrected chi connectivity index (χ4v) is 3.59. The summed E-state index contributed by atoms with van der Waals surface area (Å²) in [4.78, 5) is 15.0. The first kappa shape index (κ1) is 15.8. The molecular weight excluding hydrogens is 312 g/mol. The van der Waals surface area contributed by atoms with Gasteiger partial charge in [0.05, 0.1) is 38.0 Å². The number of morpholine rings is 1. The molecule has 3 fully saturated rings. The van der Waals surface area contributed by atoms with Crippen LogP contribution in [0.4, 0.5) is 5.69 Å². The van der Waals surface area contributed by atoms with Crippen molar-refractivity contribution in [1.29, 1.82) is 0 Å². The van der Waals surface area contributed by atoms with Crippen molar-refractivity contribution >= 4 is 11.6 Å². The normalized spacial score (nSPS) is 32.6. The number of ether oxygens (including phenoxy) is 3. The number of anilines is 1. The first-order chi connectivity index (χ1) is 11.7. The van der Waals surface area contributed by atoms with Crippen molar-refractivity contribution in [3.63, 3.8) is 0 Å². The molecule has 4 atom stereocenters. The lowest BCUT2D eigenvalue weighted by Crippen LogP contribution is -2.45. The van der Waals surface area contributed by atoms with Crippen LogP contribution in [0.2, 0.25) is 0 Å². The highest BCUT2D eigenvalue weighted by atomic mass is 16.6. The van der Waals surface area contributed by atoms with E-state index in [-0.39, 0.29) is 30.8 Å². The number of hydrogen-bond donors (Lipinski definition) is 2. The number of rotatable bonds is 3. The van der Waals surface area contributed by atoms with E-state index in [4.69, 9.17) is 14.2 Å². The molecule has 3 saturated heterocycles. The molecule has 1 amide bonds. The van der Waals surface area contributed by atoms with E-state index in [0.717, 1.165) is 18.8 Å². The van der Waals surface area contributed by atoms with E-state index in [2.05, 4.69) is 10.2 Å². The van der Waals surface area contributed by atoms with E-state index in [0.29, 0.717) is 25.4 Å². The lowest BCUT2D eigenvalue weighted by atomic mass is 10.1. The molecule has 4 rings (SSSR count). The van der Waals surface area contributed by atoms with Gasteiger partial charge in [-0.05, 0) is 12.1 Å². The minimum atomic E-state index is -0.613. The summed E-state index contributed by atoms with van der Waals surface area (Å²) in [5.41, 5.74) is 1.56. The molecule has 0 bridgehead atoms. The van der Waals surface area contributed by atoms with Crippen LogP contribution >= 0.6 is 0 Å². The van der Waals surface area contributed by atoms with Crippen LogP contribution in [0.1, 0.15) is 10.4 Å². The van der Waals surface area contributed by atoms with Crippen LogP contribution in [-0.2, 0) is 14.2 Å². The highest BCUT2D eigenvalue weighted by molar-refractivity contribution is 6.00. The zero-order valence-corrected chi connectivity index (χ0v) is 13.4. The molecule has 2 N–H and O–H groups in total. The fraction of sp³-hybridized carbons (Fsp3) is 0.588. The number of aliphatic hydroxyl groups excluding tert-OH is 1. The molecule has 3 heterocycles. The van der Waals surface area contributed by atoms with Gasteiger partial charge in [-0.25, -0.2) is 0 Å². The van der Waals surface area contributed by atoms with Gasteiger partial charge in [0.2, 0.25) is 0 Å². The average molecular weight is 334 g/mol. The third-order valence-electron chi connectivity index (χ3n) is 4.84. The molecular formula is C17H22N2O5. The number of nitrogens with zero attached hydrogens (tertiary/aromatic N) is 1. The SMILES string of the molecule is O=C(N[C@H]1CO[C@H]2[C@@H]1OC[C@H]2O)c1ccccc1N1CCOCC1. The summed E-state index contributed by atoms with van der Waals surface area (Å²) in [6.07, 6.45) is -1.23. The van der Waals surface area contributed by atoms with E-state index in [1.165, 1.54) is 0 Å². The largest absolute Gasteiger partial charge is 0.388 e. The third kappa shape index (κ3) is 2.88. The lowest BCUT2D eigenvalue weighted by Gasteiger charge is -2.30. The monoisotopic (exact) mass is 334 g/mol. The number of nitrogens with one attached hydrogen (secondary N) is 1. The Labute approximate surface area is 140 Å². The molecule has 7 heteroatoms. The van der Waals surface area contributed by atoms with Crippen LogP contribution in [0, 0.1) is 0 Å². The van der Waals surface area contributed by atoms with Crippen LogP contribution in [0.5, 0.6) is 0 Å². The first-order valence-electron chi connectivity index (χ1n) is 8.38. The summed E-state index contributed by atoms with van der Waals surface area (Å²) in [6.45, 7) is 3.50. The fourth-order valence-electron chi connectivity index (χ4n) is 3.59. The van der Waals surface area contributed by atoms with Crippen molar-refractivity contribution in [3.05, 3.63) is 29.8 Å². The van der Waals surface area contributed by atoms with E-state index in [1.54, 1.807) is 0 Å². The van der Waals surface area contributed by atoms with Crippen molar-refractivity contribution in [3.8, 4) is 0 Å². The molecule has 0 aliphatic carbocycles. The number of amides is 1. The molecule has 3 aliphatic rings. The van der Waals surface area contributed by atoms with Gasteiger partial charge in [-0.1, -0.05) is 12.1 Å². The van der Waals surface area contributed by atoms with Gasteiger partial charge in [0, 0.05) is 18.8 Å². The van der Waals surface area contributed by atoms with Crippen LogP contribution in [0.25, 0.3) is 0 Å². The lowest BCUT2D eigenvalue weighted by molar-refractivity contribution is 0.0178. The highest BCUT2D eigenvalue weighted by Gasteiger charge is 2.47. The molecule has 0 radical (unpaired) electrons. The summed E-state index contributed by atoms with van der Waals surface area (Å²) < 4.78 is 16.5. The Morgan fingerprint density at radius 1 is 1.12 bits per heavy atom. The van der Waals surface area contributed by atoms with E-state index < -0.39 is 6.10 Å². The zero-order valence-electron chi connectivity index (χ0n) is 13.4. The molecule has 130 valence electrons. The molecule has 7 nitrogen and oxygen atoms in total. The predicted octanol–water partition coefficient (Wildman–Crippen LogP) is -0.220. The van der Waals surface area contributed by atoms with Crippen molar-refractivity contribution in [1.82, 2.24) is 5.32 Å². The molecule has 0 unspecified atom stereocenters. The Balaban J connectivity index is 1.49. The van der Waals surface area contributed by atoms with Crippen molar-refractivity contribution in [2.75, 3.05) is 44.4 Å². The first-order valence-corrected chi connectivity index (χ1v) is 8.38. The Hall–Kier alpha value is -1.67. The second-order valence-electron chi connectivity index (χ2n) is 6.36. The third-order valence-corrected chi connectivity index (χ3v) is 4.84. The summed E-state index contributed by atoms with van der Waals surface area (Å²) in [7, 11) is 0. The summed E-state index contributed by atoms with van der Waals surface area (Å²) in [5.74, 6) is -0.142. The van der Waals surface area contributed by atoms with Crippen molar-refractivity contribution < 1.29 is 24.1 Å². The second-order valence-corrected chi connectivity index (χ2v) is 6.36. The van der Waals surface area contributed by atoms with Crippen LogP contribution in [0.3, 0.4) is 0 Å². The van der Waals surface area contributed by atoms with Gasteiger partial charge in [0.15, 0.2) is 0 Å². The number of aliphatic hydroxyl groups is 1. The number of para-hydroxylation sites is 1. The van der Waals surface area contributed by atoms with Gasteiger partial charge >= 0.3 is 0 Å². The van der Waals surface area contributed by atoms with Gasteiger partial charge in [-0.2, -0.15) is 0 Å². The van der Waals surface area contributed by atoms with Crippen molar-refractivity contribution in [2.24, 2.45) is 0 Å². The molecule has 0 spiro atoms. The minimum Gasteiger partial charge on any atom is -0.388 e. The van der Waals surface area contributed by atoms with Gasteiger partial charge in [0.1, 0.15) is 18.3 Å². The quantitative estimate of drug-likeness (QED) is 0.796. The minimum absolute atomic E-state index is 0.142. The molecule has 3 aliphatic heterocycles. The summed E-state index contributed by atoms with van der Waals surface area (Å²) >= 11 is 0. The van der Waals surface area contributed by atoms with E-state index in [9.17, 15) is 9.90 Å². The van der Waals surface area contributed by atoms with Gasteiger partial charge in [0.25, 0.3) is 5.91 Å². The topological polar surface area (TPSA) is 80.3 Å². The van der Waals surface area contributed by atoms with Crippen LogP contribution in [0.15, 0.2) is 24.3 Å². The highest BCUT2D eigenvalue weighted by Crippen LogP contribution is 2.28. The van der Waals surface area contributed by atoms with Gasteiger partial charge in [-0.15, -0.1) is 0 Å². The second kappa shape index (κ2) is 6.68. The van der Waals surface area contributed by atoms with Gasteiger partial charge < -0.3 is 29.5 Å². The van der Waals surface area contributed by atoms with E-state index in [1.807, 2.05) is 24.3 Å². The molecule has 24 heavy (non-hydrogen) atoms. The Kier molecular flexibility index (Phi) is 4.41. The Morgan fingerprint density at radius 2 is 1.88 bits per heavy atom. The maximum Gasteiger partial charge on any atom is 0.253 e. The number of hydrogen-bond acceptors (Lipinski definition) is 6. The maximum absolute atomic E-state index is 12.8. The summed E-state index contributed by atoms with van der Waals surface area (Å²) in [5, 5.41) is 12.8. The molecule has 1 aromatic carbocycles. The summed E-state index contributed by atoms with van der Waals surface area (Å²) in [6, 6.07) is 7.36. The standard InChI is InChI=1S/C17H22N2O5/c20-14-10-24-15-12(9-23-16(14)15)18-17(21)11-3-1-2-4-13(11)19-5-7-22-8-6-19/h1-4,12,14-16,20H,5-10H2,(H,18,21)/t12-,14+,15+,16+/m0/s1. The number of fused-ring (bicyclic) bond motifs is 1. The molecule has 1 aromatic rings. The van der Waals surface area contributed by atoms with Crippen LogP contribution < -0.4 is 10.2 Å². The smallest absolute Gasteiger partial charge is 0.253 e. The Morgan fingerprint density at radius 3 is 2.71 bits per heavy atom. The van der Waals surface area contributed by atoms with Crippen molar-refractivity contribution in [2.45, 2.75) is 24.4 Å². The molecule has 0 saturated carbocycles. The Bertz CT molecular complexity index is 604. The number of benzene rings is 1. The number of carbonyl (C=O) groups is 1.